The van der Waals surface area contributed by atoms with Gasteiger partial charge in [-0.25, -0.2) is 4.98 Å². The molecule has 0 saturated heterocycles. The van der Waals surface area contributed by atoms with E-state index in [1.54, 1.807) is 41.2 Å². The SMILES string of the molecule is CC(C)Cn1ccnc(Oc2ccc(CO)cc2)c1=O. The van der Waals surface area contributed by atoms with Crippen molar-refractivity contribution in [2.75, 3.05) is 0 Å². The summed E-state index contributed by atoms with van der Waals surface area (Å²) in [5.74, 6) is 0.950. The van der Waals surface area contributed by atoms with E-state index < -0.39 is 0 Å². The van der Waals surface area contributed by atoms with Crippen molar-refractivity contribution in [3.63, 3.8) is 0 Å². The van der Waals surface area contributed by atoms with E-state index >= 15 is 0 Å². The Labute approximate surface area is 117 Å². The van der Waals surface area contributed by atoms with Crippen molar-refractivity contribution >= 4 is 0 Å². The Morgan fingerprint density at radius 1 is 1.30 bits per heavy atom. The fourth-order valence-electron chi connectivity index (χ4n) is 1.81. The Morgan fingerprint density at radius 2 is 2.00 bits per heavy atom. The van der Waals surface area contributed by atoms with Crippen LogP contribution in [-0.2, 0) is 13.2 Å². The highest BCUT2D eigenvalue weighted by Crippen LogP contribution is 2.17. The summed E-state index contributed by atoms with van der Waals surface area (Å²) in [4.78, 5) is 16.1. The monoisotopic (exact) mass is 274 g/mol. The highest BCUT2D eigenvalue weighted by molar-refractivity contribution is 5.29. The number of aliphatic hydroxyl groups excluding tert-OH is 1. The summed E-state index contributed by atoms with van der Waals surface area (Å²) < 4.78 is 7.10. The van der Waals surface area contributed by atoms with Crippen molar-refractivity contribution < 1.29 is 9.84 Å². The van der Waals surface area contributed by atoms with Gasteiger partial charge in [0.2, 0.25) is 0 Å². The van der Waals surface area contributed by atoms with E-state index in [4.69, 9.17) is 9.84 Å². The normalized spacial score (nSPS) is 10.8. The average molecular weight is 274 g/mol. The molecule has 2 aromatic rings. The van der Waals surface area contributed by atoms with Gasteiger partial charge in [0, 0.05) is 18.9 Å². The van der Waals surface area contributed by atoms with Gasteiger partial charge in [0.1, 0.15) is 5.75 Å². The van der Waals surface area contributed by atoms with Gasteiger partial charge in [-0.3, -0.25) is 4.79 Å². The summed E-state index contributed by atoms with van der Waals surface area (Å²) in [6.07, 6.45) is 3.21. The zero-order chi connectivity index (χ0) is 14.5. The van der Waals surface area contributed by atoms with Crippen molar-refractivity contribution in [3.05, 3.63) is 52.6 Å². The maximum Gasteiger partial charge on any atom is 0.313 e. The van der Waals surface area contributed by atoms with E-state index in [9.17, 15) is 4.79 Å². The molecular weight excluding hydrogens is 256 g/mol. The molecule has 0 aliphatic carbocycles. The largest absolute Gasteiger partial charge is 0.435 e. The predicted octanol–water partition coefficient (Wildman–Crippen LogP) is 2.18. The highest BCUT2D eigenvalue weighted by Gasteiger charge is 2.08. The van der Waals surface area contributed by atoms with Crippen molar-refractivity contribution in [1.82, 2.24) is 9.55 Å². The topological polar surface area (TPSA) is 64.3 Å². The number of hydrogen-bond donors (Lipinski definition) is 1. The van der Waals surface area contributed by atoms with Crippen LogP contribution in [0.15, 0.2) is 41.5 Å². The van der Waals surface area contributed by atoms with Gasteiger partial charge in [0.05, 0.1) is 6.61 Å². The fraction of sp³-hybridized carbons (Fsp3) is 0.333. The Kier molecular flexibility index (Phi) is 4.53. The number of hydrogen-bond acceptors (Lipinski definition) is 4. The van der Waals surface area contributed by atoms with Crippen LogP contribution in [0.1, 0.15) is 19.4 Å². The lowest BCUT2D eigenvalue weighted by Crippen LogP contribution is -2.23. The van der Waals surface area contributed by atoms with Gasteiger partial charge in [-0.1, -0.05) is 26.0 Å². The smallest absolute Gasteiger partial charge is 0.313 e. The second-order valence-corrected chi connectivity index (χ2v) is 4.99. The van der Waals surface area contributed by atoms with Gasteiger partial charge >= 0.3 is 5.56 Å². The van der Waals surface area contributed by atoms with E-state index in [2.05, 4.69) is 4.98 Å². The maximum atomic E-state index is 12.2. The first-order valence-corrected chi connectivity index (χ1v) is 6.53. The van der Waals surface area contributed by atoms with E-state index in [1.807, 2.05) is 13.8 Å². The van der Waals surface area contributed by atoms with Gasteiger partial charge < -0.3 is 14.4 Å². The molecule has 0 fully saturated rings. The Hall–Kier alpha value is -2.14. The van der Waals surface area contributed by atoms with Crippen LogP contribution in [0.2, 0.25) is 0 Å². The molecule has 1 N–H and O–H groups in total. The van der Waals surface area contributed by atoms with Crippen LogP contribution in [0.5, 0.6) is 11.6 Å². The van der Waals surface area contributed by atoms with Crippen LogP contribution >= 0.6 is 0 Å². The van der Waals surface area contributed by atoms with Crippen LogP contribution in [0.25, 0.3) is 0 Å². The molecule has 2 rings (SSSR count). The standard InChI is InChI=1S/C15H18N2O3/c1-11(2)9-17-8-7-16-14(15(17)19)20-13-5-3-12(10-18)4-6-13/h3-8,11,18H,9-10H2,1-2H3. The van der Waals surface area contributed by atoms with Crippen LogP contribution in [0.4, 0.5) is 0 Å². The van der Waals surface area contributed by atoms with E-state index in [-0.39, 0.29) is 18.0 Å². The first-order valence-electron chi connectivity index (χ1n) is 6.53. The molecule has 0 spiro atoms. The molecular formula is C15H18N2O3. The maximum absolute atomic E-state index is 12.2. The molecule has 1 aromatic heterocycles. The molecule has 0 aliphatic rings. The lowest BCUT2D eigenvalue weighted by atomic mass is 10.2. The third-order valence-electron chi connectivity index (χ3n) is 2.76. The van der Waals surface area contributed by atoms with Crippen molar-refractivity contribution in [2.45, 2.75) is 27.0 Å². The second-order valence-electron chi connectivity index (χ2n) is 4.99. The van der Waals surface area contributed by atoms with E-state index in [0.717, 1.165) is 5.56 Å². The van der Waals surface area contributed by atoms with Crippen LogP contribution < -0.4 is 10.3 Å². The molecule has 0 aliphatic heterocycles. The number of aromatic nitrogens is 2. The Morgan fingerprint density at radius 3 is 2.60 bits per heavy atom. The summed E-state index contributed by atoms with van der Waals surface area (Å²) in [6.45, 7) is 4.69. The molecule has 0 unspecified atom stereocenters. The van der Waals surface area contributed by atoms with E-state index in [1.165, 1.54) is 0 Å². The van der Waals surface area contributed by atoms with Gasteiger partial charge in [0.25, 0.3) is 5.88 Å². The first kappa shape index (κ1) is 14.3. The zero-order valence-electron chi connectivity index (χ0n) is 11.6. The minimum absolute atomic E-state index is 0.0228. The molecule has 5 heteroatoms. The molecule has 0 radical (unpaired) electrons. The number of benzene rings is 1. The minimum atomic E-state index is -0.243. The fourth-order valence-corrected chi connectivity index (χ4v) is 1.81. The summed E-state index contributed by atoms with van der Waals surface area (Å²) in [5.41, 5.74) is 0.544. The van der Waals surface area contributed by atoms with Gasteiger partial charge in [-0.2, -0.15) is 0 Å². The van der Waals surface area contributed by atoms with Crippen LogP contribution in [-0.4, -0.2) is 14.7 Å². The molecule has 1 aromatic carbocycles. The van der Waals surface area contributed by atoms with E-state index in [0.29, 0.717) is 18.2 Å². The minimum Gasteiger partial charge on any atom is -0.435 e. The average Bonchev–Trinajstić information content (AvgIpc) is 2.43. The van der Waals surface area contributed by atoms with Gasteiger partial charge in [0.15, 0.2) is 0 Å². The third kappa shape index (κ3) is 3.45. The molecule has 0 saturated carbocycles. The Balaban J connectivity index is 2.22. The Bertz CT molecular complexity index is 618. The second kappa shape index (κ2) is 6.34. The molecule has 5 nitrogen and oxygen atoms in total. The summed E-state index contributed by atoms with van der Waals surface area (Å²) >= 11 is 0. The number of rotatable bonds is 5. The lowest BCUT2D eigenvalue weighted by Gasteiger charge is -2.10. The van der Waals surface area contributed by atoms with Crippen LogP contribution in [0, 0.1) is 5.92 Å². The summed E-state index contributed by atoms with van der Waals surface area (Å²) in [6, 6.07) is 6.88. The van der Waals surface area contributed by atoms with Crippen molar-refractivity contribution in [1.29, 1.82) is 0 Å². The predicted molar refractivity (Wildman–Crippen MR) is 75.8 cm³/mol. The lowest BCUT2D eigenvalue weighted by molar-refractivity contribution is 0.281. The molecule has 0 amide bonds. The van der Waals surface area contributed by atoms with Crippen molar-refractivity contribution in [3.8, 4) is 11.6 Å². The third-order valence-corrected chi connectivity index (χ3v) is 2.76. The van der Waals surface area contributed by atoms with Crippen molar-refractivity contribution in [2.24, 2.45) is 5.92 Å². The summed E-state index contributed by atoms with van der Waals surface area (Å²) in [5, 5.41) is 8.98. The quantitative estimate of drug-likeness (QED) is 0.907. The molecule has 0 atom stereocenters. The number of nitrogens with zero attached hydrogens (tertiary/aromatic N) is 2. The highest BCUT2D eigenvalue weighted by atomic mass is 16.5. The molecule has 1 heterocycles. The van der Waals surface area contributed by atoms with Crippen LogP contribution in [0.3, 0.4) is 0 Å². The molecule has 106 valence electrons. The first-order chi connectivity index (χ1) is 9.60. The van der Waals surface area contributed by atoms with Gasteiger partial charge in [-0.05, 0) is 23.6 Å². The number of aliphatic hydroxyl groups is 1. The summed E-state index contributed by atoms with van der Waals surface area (Å²) in [7, 11) is 0. The zero-order valence-corrected chi connectivity index (χ0v) is 11.6. The van der Waals surface area contributed by atoms with Gasteiger partial charge in [-0.15, -0.1) is 0 Å². The molecule has 0 bridgehead atoms. The molecule has 20 heavy (non-hydrogen) atoms. The number of ether oxygens (including phenoxy) is 1.